The van der Waals surface area contributed by atoms with E-state index in [1.165, 1.54) is 53.2 Å². The predicted molar refractivity (Wildman–Crippen MR) is 180 cm³/mol. The third-order valence-electron chi connectivity index (χ3n) is 9.99. The summed E-state index contributed by atoms with van der Waals surface area (Å²) < 4.78 is 23.3. The van der Waals surface area contributed by atoms with Gasteiger partial charge in [-0.25, -0.2) is 0 Å². The zero-order valence-electron chi connectivity index (χ0n) is 29.7. The lowest BCUT2D eigenvalue weighted by atomic mass is 9.78. The molecule has 0 radical (unpaired) electrons. The second-order valence-electron chi connectivity index (χ2n) is 13.6. The molecule has 0 saturated carbocycles. The first-order valence-electron chi connectivity index (χ1n) is 16.5. The number of hydrogen-bond donors (Lipinski definition) is 5. The van der Waals surface area contributed by atoms with Gasteiger partial charge in [-0.3, -0.25) is 19.2 Å². The number of phenols is 1. The van der Waals surface area contributed by atoms with Crippen molar-refractivity contribution < 1.29 is 58.6 Å². The normalized spacial score (nSPS) is 35.9. The molecule has 5 N–H and O–H groups in total. The molecular weight excluding hydrogens is 650 g/mol. The molecule has 0 fully saturated rings. The molecule has 13 nitrogen and oxygen atoms in total. The summed E-state index contributed by atoms with van der Waals surface area (Å²) in [5, 5.41) is 47.6. The molecule has 272 valence electrons. The number of esters is 1. The van der Waals surface area contributed by atoms with E-state index in [-0.39, 0.29) is 39.3 Å². The zero-order valence-corrected chi connectivity index (χ0v) is 29.7. The topological polar surface area (TPSA) is 198 Å². The number of Topliss-reactive ketones (excluding diaryl/α,β-unsaturated/α-hetero) is 1. The molecule has 0 unspecified atom stereocenters. The average Bonchev–Trinajstić information content (AvgIpc) is 3.33. The number of nitrogens with one attached hydrogen (secondary N) is 1. The number of ketones is 2. The van der Waals surface area contributed by atoms with Gasteiger partial charge < -0.3 is 44.7 Å². The standard InChI is InChI=1S/C37H47NO12/c1-16-11-10-12-17(2)36(46)38-23-15-24(40)26-27(32(23)44)31(43)21(6)34-28(26)35(45)37(8,50-34)48-14-13-25(47-9)18(3)33(49-22(7)39)20(5)30(42)19(4)29(16)41/h10-16,18-20,25,29-30,33,35,41-43,45H,1-9H3,(H,38,46)/b11-10-,14-13-,17-12-/t16-,18+,19+,20+,25-,29-,30+,33+,35-,37-/m0/s1. The van der Waals surface area contributed by atoms with Gasteiger partial charge in [0.1, 0.15) is 17.6 Å². The van der Waals surface area contributed by atoms with Crippen molar-refractivity contribution >= 4 is 23.4 Å². The van der Waals surface area contributed by atoms with Gasteiger partial charge in [-0.1, -0.05) is 45.9 Å². The number of allylic oxidation sites excluding steroid dienone is 4. The Morgan fingerprint density at radius 1 is 0.960 bits per heavy atom. The van der Waals surface area contributed by atoms with Crippen LogP contribution in [0.3, 0.4) is 0 Å². The van der Waals surface area contributed by atoms with Crippen molar-refractivity contribution in [1.29, 1.82) is 0 Å². The van der Waals surface area contributed by atoms with Crippen LogP contribution in [0.25, 0.3) is 0 Å². The number of ether oxygens (including phenoxy) is 4. The Bertz CT molecular complexity index is 1670. The maximum absolute atomic E-state index is 13.6. The maximum Gasteiger partial charge on any atom is 0.302 e. The van der Waals surface area contributed by atoms with E-state index in [4.69, 9.17) is 18.9 Å². The Hall–Kier alpha value is -4.30. The van der Waals surface area contributed by atoms with Gasteiger partial charge in [0, 0.05) is 73.0 Å². The Kier molecular flexibility index (Phi) is 11.5. The van der Waals surface area contributed by atoms with Crippen LogP contribution in [0.4, 0.5) is 0 Å². The first-order chi connectivity index (χ1) is 23.4. The smallest absolute Gasteiger partial charge is 0.302 e. The summed E-state index contributed by atoms with van der Waals surface area (Å²) in [4.78, 5) is 52.4. The highest BCUT2D eigenvalue weighted by atomic mass is 16.7. The summed E-state index contributed by atoms with van der Waals surface area (Å²) in [6.07, 6.45) is 2.94. The third-order valence-corrected chi connectivity index (χ3v) is 9.99. The molecule has 10 atom stereocenters. The van der Waals surface area contributed by atoms with Crippen molar-refractivity contribution in [2.75, 3.05) is 7.11 Å². The van der Waals surface area contributed by atoms with E-state index in [1.807, 2.05) is 0 Å². The van der Waals surface area contributed by atoms with Crippen LogP contribution in [0.1, 0.15) is 86.4 Å². The molecule has 1 aromatic rings. The van der Waals surface area contributed by atoms with Crippen molar-refractivity contribution in [3.63, 3.8) is 0 Å². The first-order valence-corrected chi connectivity index (χ1v) is 16.5. The summed E-state index contributed by atoms with van der Waals surface area (Å²) in [5.74, 6) is -7.67. The van der Waals surface area contributed by atoms with Gasteiger partial charge >= 0.3 is 5.97 Å². The third kappa shape index (κ3) is 7.13. The number of rotatable bonds is 2. The van der Waals surface area contributed by atoms with Crippen LogP contribution in [0.15, 0.2) is 47.9 Å². The van der Waals surface area contributed by atoms with Crippen molar-refractivity contribution in [3.8, 4) is 11.5 Å². The Balaban J connectivity index is 1.83. The van der Waals surface area contributed by atoms with Crippen molar-refractivity contribution in [3.05, 3.63) is 70.2 Å². The summed E-state index contributed by atoms with van der Waals surface area (Å²) in [5.41, 5.74) is -0.851. The molecule has 1 aromatic carbocycles. The second-order valence-corrected chi connectivity index (χ2v) is 13.6. The molecule has 50 heavy (non-hydrogen) atoms. The number of carbonyl (C=O) groups is 4. The fourth-order valence-electron chi connectivity index (χ4n) is 6.77. The van der Waals surface area contributed by atoms with E-state index in [2.05, 4.69) is 5.32 Å². The number of benzene rings is 1. The van der Waals surface area contributed by atoms with Crippen LogP contribution in [0, 0.1) is 30.6 Å². The summed E-state index contributed by atoms with van der Waals surface area (Å²) >= 11 is 0. The van der Waals surface area contributed by atoms with E-state index in [1.54, 1.807) is 39.8 Å². The van der Waals surface area contributed by atoms with Crippen LogP contribution in [0.2, 0.25) is 0 Å². The fourth-order valence-corrected chi connectivity index (χ4v) is 6.77. The summed E-state index contributed by atoms with van der Waals surface area (Å²) in [6, 6.07) is 0. The number of methoxy groups -OCH3 is 1. The summed E-state index contributed by atoms with van der Waals surface area (Å²) in [6.45, 7) is 12.5. The van der Waals surface area contributed by atoms with E-state index < -0.39 is 89.2 Å². The highest BCUT2D eigenvalue weighted by Crippen LogP contribution is 2.52. The largest absolute Gasteiger partial charge is 0.507 e. The molecule has 1 amide bonds. The molecule has 3 heterocycles. The minimum Gasteiger partial charge on any atom is -0.507 e. The number of amides is 1. The minimum absolute atomic E-state index is 0.0392. The second kappa shape index (κ2) is 14.9. The number of aliphatic hydroxyl groups is 3. The van der Waals surface area contributed by atoms with E-state index in [0.29, 0.717) is 0 Å². The molecule has 5 rings (SSSR count). The van der Waals surface area contributed by atoms with E-state index in [0.717, 1.165) is 6.08 Å². The maximum atomic E-state index is 13.6. The summed E-state index contributed by atoms with van der Waals surface area (Å²) in [7, 11) is 1.44. The molecule has 0 spiro atoms. The Morgan fingerprint density at radius 3 is 2.24 bits per heavy atom. The Labute approximate surface area is 291 Å². The van der Waals surface area contributed by atoms with Gasteiger partial charge in [-0.05, 0) is 19.9 Å². The Morgan fingerprint density at radius 2 is 1.62 bits per heavy atom. The molecular formula is C37H47NO12. The average molecular weight is 698 g/mol. The lowest BCUT2D eigenvalue weighted by Gasteiger charge is -2.38. The lowest BCUT2D eigenvalue weighted by Crippen LogP contribution is -2.46. The highest BCUT2D eigenvalue weighted by Gasteiger charge is 2.51. The van der Waals surface area contributed by atoms with Crippen LogP contribution >= 0.6 is 0 Å². The number of aromatic hydroxyl groups is 1. The van der Waals surface area contributed by atoms with Crippen molar-refractivity contribution in [2.24, 2.45) is 23.7 Å². The SMILES string of the molecule is CO[C@H]1/C=C\O[C@@]2(C)Oc3c(C)c(O)c4c(c3[C@@H]2O)C(=O)C=C(NC(=O)/C(C)=C\C=C/[C@H](C)[C@H](O)[C@@H](C)[C@@H](O)[C@@H](C)[C@H](OC(C)=O)[C@@H]1C)C4=O. The first kappa shape index (κ1) is 38.5. The van der Waals surface area contributed by atoms with Gasteiger partial charge in [-0.15, -0.1) is 0 Å². The molecule has 4 aliphatic rings. The van der Waals surface area contributed by atoms with Crippen LogP contribution in [0.5, 0.6) is 11.5 Å². The van der Waals surface area contributed by atoms with Gasteiger partial charge in [0.15, 0.2) is 11.9 Å². The number of aliphatic hydroxyl groups excluding tert-OH is 3. The minimum atomic E-state index is -1.83. The van der Waals surface area contributed by atoms with Crippen molar-refractivity contribution in [2.45, 2.75) is 91.7 Å². The number of hydrogen-bond acceptors (Lipinski definition) is 12. The van der Waals surface area contributed by atoms with Gasteiger partial charge in [0.25, 0.3) is 11.7 Å². The van der Waals surface area contributed by atoms with Crippen molar-refractivity contribution in [1.82, 2.24) is 5.32 Å². The molecule has 5 bridgehead atoms. The van der Waals surface area contributed by atoms with Gasteiger partial charge in [-0.2, -0.15) is 0 Å². The predicted octanol–water partition coefficient (Wildman–Crippen LogP) is 3.48. The number of carbonyl (C=O) groups excluding carboxylic acids is 4. The molecule has 13 heteroatoms. The number of fused-ring (bicyclic) bond motifs is 14. The highest BCUT2D eigenvalue weighted by molar-refractivity contribution is 6.27. The molecule has 0 aromatic heterocycles. The molecule has 3 aliphatic heterocycles. The monoisotopic (exact) mass is 697 g/mol. The van der Waals surface area contributed by atoms with Gasteiger partial charge in [0.05, 0.1) is 35.8 Å². The molecule has 0 saturated heterocycles. The fraction of sp³-hybridized carbons (Fsp3) is 0.514. The van der Waals surface area contributed by atoms with E-state index in [9.17, 15) is 39.6 Å². The van der Waals surface area contributed by atoms with Crippen LogP contribution in [-0.2, 0) is 23.8 Å². The zero-order chi connectivity index (χ0) is 37.4. The van der Waals surface area contributed by atoms with Crippen LogP contribution in [-0.4, -0.2) is 81.2 Å². The van der Waals surface area contributed by atoms with Crippen LogP contribution < -0.4 is 10.1 Å². The lowest BCUT2D eigenvalue weighted by molar-refractivity contribution is -0.181. The van der Waals surface area contributed by atoms with E-state index >= 15 is 0 Å². The number of phenolic OH excluding ortho intramolecular Hbond substituents is 1. The quantitative estimate of drug-likeness (QED) is 0.283. The molecule has 1 aliphatic carbocycles. The van der Waals surface area contributed by atoms with Gasteiger partial charge in [0.2, 0.25) is 5.78 Å².